The number of aliphatic hydroxyl groups excluding tert-OH is 2. The van der Waals surface area contributed by atoms with E-state index in [1.54, 1.807) is 0 Å². The number of carboxylic acids is 2. The molecule has 0 saturated carbocycles. The van der Waals surface area contributed by atoms with Crippen molar-refractivity contribution in [3.63, 3.8) is 0 Å². The van der Waals surface area contributed by atoms with Crippen molar-refractivity contribution in [1.29, 1.82) is 0 Å². The minimum absolute atomic E-state index is 0.293. The Hall–Kier alpha value is -3.34. The summed E-state index contributed by atoms with van der Waals surface area (Å²) in [7, 11) is 0. The van der Waals surface area contributed by atoms with Crippen molar-refractivity contribution in [2.75, 3.05) is 17.6 Å². The van der Waals surface area contributed by atoms with Crippen molar-refractivity contribution < 1.29 is 39.5 Å². The summed E-state index contributed by atoms with van der Waals surface area (Å²) >= 11 is 1.46. The SMILES string of the molecule is CCCCCCNc1nc(SCCC)nc2c1nnn2[C@@H]1O[C@H](/C=C/C(=O)NC(CC(=O)O)C(=O)O)[C@@H](O)[C@H]1O. The number of anilines is 1. The molecule has 0 bridgehead atoms. The van der Waals surface area contributed by atoms with Crippen LogP contribution in [0.3, 0.4) is 0 Å². The average molecular weight is 582 g/mol. The monoisotopic (exact) mass is 581 g/mol. The summed E-state index contributed by atoms with van der Waals surface area (Å²) in [6.07, 6.45) is 1.12. The van der Waals surface area contributed by atoms with Crippen molar-refractivity contribution in [2.24, 2.45) is 0 Å². The highest BCUT2D eigenvalue weighted by molar-refractivity contribution is 7.99. The Labute approximate surface area is 234 Å². The first-order chi connectivity index (χ1) is 19.2. The quantitative estimate of drug-likeness (QED) is 0.0703. The van der Waals surface area contributed by atoms with E-state index in [4.69, 9.17) is 14.9 Å². The van der Waals surface area contributed by atoms with Gasteiger partial charge < -0.3 is 35.8 Å². The van der Waals surface area contributed by atoms with Gasteiger partial charge >= 0.3 is 11.9 Å². The maximum atomic E-state index is 12.2. The molecule has 220 valence electrons. The van der Waals surface area contributed by atoms with Crippen LogP contribution in [0.15, 0.2) is 17.3 Å². The summed E-state index contributed by atoms with van der Waals surface area (Å²) in [5.41, 5.74) is 0.666. The van der Waals surface area contributed by atoms with Crippen LogP contribution < -0.4 is 10.6 Å². The molecule has 40 heavy (non-hydrogen) atoms. The second-order valence-electron chi connectivity index (χ2n) is 9.23. The van der Waals surface area contributed by atoms with E-state index in [0.29, 0.717) is 28.7 Å². The lowest BCUT2D eigenvalue weighted by molar-refractivity contribution is -0.146. The number of carbonyl (C=O) groups is 3. The van der Waals surface area contributed by atoms with Crippen LogP contribution in [0.2, 0.25) is 0 Å². The van der Waals surface area contributed by atoms with Gasteiger partial charge in [0.2, 0.25) is 5.91 Å². The predicted octanol–water partition coefficient (Wildman–Crippen LogP) is 0.935. The Morgan fingerprint density at radius 2 is 1.88 bits per heavy atom. The Bertz CT molecular complexity index is 1210. The molecule has 2 aromatic rings. The molecule has 1 unspecified atom stereocenters. The van der Waals surface area contributed by atoms with E-state index < -0.39 is 54.8 Å². The molecule has 6 N–H and O–H groups in total. The van der Waals surface area contributed by atoms with Gasteiger partial charge in [-0.05, 0) is 18.9 Å². The zero-order chi connectivity index (χ0) is 29.2. The third kappa shape index (κ3) is 8.09. The number of aliphatic hydroxyl groups is 2. The van der Waals surface area contributed by atoms with Crippen LogP contribution in [0, 0.1) is 0 Å². The fraction of sp³-hybridized carbons (Fsp3) is 0.625. The Balaban J connectivity index is 1.79. The summed E-state index contributed by atoms with van der Waals surface area (Å²) in [5, 5.41) is 53.4. The van der Waals surface area contributed by atoms with E-state index in [0.717, 1.165) is 50.0 Å². The van der Waals surface area contributed by atoms with Gasteiger partial charge in [-0.3, -0.25) is 9.59 Å². The smallest absolute Gasteiger partial charge is 0.326 e. The van der Waals surface area contributed by atoms with Gasteiger partial charge in [-0.25, -0.2) is 14.8 Å². The van der Waals surface area contributed by atoms with Gasteiger partial charge in [0, 0.05) is 18.4 Å². The van der Waals surface area contributed by atoms with E-state index in [1.807, 2.05) is 6.92 Å². The number of hydrogen-bond donors (Lipinski definition) is 6. The number of nitrogens with zero attached hydrogens (tertiary/aromatic N) is 5. The maximum absolute atomic E-state index is 12.2. The molecular weight excluding hydrogens is 546 g/mol. The minimum Gasteiger partial charge on any atom is -0.481 e. The standard InChI is InChI=1S/C24H35N7O8S/c1-3-5-6-7-10-25-20-17-21(28-24(27-20)40-11-4-2)31(30-29-17)22-19(36)18(35)14(39-22)8-9-15(32)26-13(23(37)38)12-16(33)34/h8-9,13-14,18-19,22,35-36H,3-7,10-12H2,1-2H3,(H,26,32)(H,33,34)(H,37,38)(H,25,27,28)/b9-8+/t13?,14-,18-,19-,22-/m1/s1. The number of unbranched alkanes of at least 4 members (excludes halogenated alkanes) is 3. The average Bonchev–Trinajstić information content (AvgIpc) is 3.45. The molecule has 2 aromatic heterocycles. The fourth-order valence-corrected chi connectivity index (χ4v) is 4.64. The number of rotatable bonds is 16. The molecule has 5 atom stereocenters. The first-order valence-corrected chi connectivity index (χ1v) is 14.1. The largest absolute Gasteiger partial charge is 0.481 e. The zero-order valence-electron chi connectivity index (χ0n) is 22.3. The minimum atomic E-state index is -1.64. The number of carboxylic acid groups (broad SMARTS) is 2. The molecular formula is C24H35N7O8S. The fourth-order valence-electron chi connectivity index (χ4n) is 3.94. The van der Waals surface area contributed by atoms with Crippen LogP contribution in [-0.2, 0) is 19.1 Å². The molecule has 3 heterocycles. The summed E-state index contributed by atoms with van der Waals surface area (Å²) in [6, 6.07) is -1.64. The second kappa shape index (κ2) is 14.9. The molecule has 0 radical (unpaired) electrons. The van der Waals surface area contributed by atoms with Crippen molar-refractivity contribution in [3.05, 3.63) is 12.2 Å². The van der Waals surface area contributed by atoms with Gasteiger partial charge in [-0.2, -0.15) is 4.68 Å². The first kappa shape index (κ1) is 31.2. The highest BCUT2D eigenvalue weighted by atomic mass is 32.2. The molecule has 1 aliphatic rings. The lowest BCUT2D eigenvalue weighted by atomic mass is 10.1. The molecule has 1 amide bonds. The number of fused-ring (bicyclic) bond motifs is 1. The van der Waals surface area contributed by atoms with Gasteiger partial charge in [-0.1, -0.05) is 50.1 Å². The van der Waals surface area contributed by atoms with E-state index in [2.05, 4.69) is 37.8 Å². The zero-order valence-corrected chi connectivity index (χ0v) is 23.1. The molecule has 1 fully saturated rings. The van der Waals surface area contributed by atoms with Crippen LogP contribution in [0.5, 0.6) is 0 Å². The Morgan fingerprint density at radius 1 is 1.10 bits per heavy atom. The number of thioether (sulfide) groups is 1. The maximum Gasteiger partial charge on any atom is 0.326 e. The van der Waals surface area contributed by atoms with Crippen molar-refractivity contribution in [1.82, 2.24) is 30.3 Å². The topological polar surface area (TPSA) is 222 Å². The van der Waals surface area contributed by atoms with E-state index in [1.165, 1.54) is 16.4 Å². The number of amides is 1. The van der Waals surface area contributed by atoms with Crippen molar-refractivity contribution in [3.8, 4) is 0 Å². The predicted molar refractivity (Wildman–Crippen MR) is 144 cm³/mol. The number of aromatic nitrogens is 5. The Morgan fingerprint density at radius 3 is 2.55 bits per heavy atom. The molecule has 16 heteroatoms. The van der Waals surface area contributed by atoms with Crippen LogP contribution in [0.1, 0.15) is 58.6 Å². The molecule has 15 nitrogen and oxygen atoms in total. The second-order valence-corrected chi connectivity index (χ2v) is 10.3. The molecule has 0 aromatic carbocycles. The molecule has 1 aliphatic heterocycles. The third-order valence-corrected chi connectivity index (χ3v) is 7.06. The Kier molecular flexibility index (Phi) is 11.6. The number of hydrogen-bond acceptors (Lipinski definition) is 12. The van der Waals surface area contributed by atoms with Gasteiger partial charge in [0.05, 0.1) is 6.42 Å². The van der Waals surface area contributed by atoms with Crippen LogP contribution in [0.4, 0.5) is 5.82 Å². The normalized spacial score (nSPS) is 21.6. The first-order valence-electron chi connectivity index (χ1n) is 13.1. The van der Waals surface area contributed by atoms with E-state index >= 15 is 0 Å². The summed E-state index contributed by atoms with van der Waals surface area (Å²) in [4.78, 5) is 43.3. The van der Waals surface area contributed by atoms with Crippen molar-refractivity contribution >= 4 is 46.6 Å². The van der Waals surface area contributed by atoms with Crippen molar-refractivity contribution in [2.45, 2.75) is 88.1 Å². The molecule has 1 saturated heterocycles. The molecule has 3 rings (SSSR count). The van der Waals surface area contributed by atoms with Gasteiger partial charge in [-0.15, -0.1) is 5.10 Å². The highest BCUT2D eigenvalue weighted by Gasteiger charge is 2.44. The van der Waals surface area contributed by atoms with Crippen LogP contribution >= 0.6 is 11.8 Å². The van der Waals surface area contributed by atoms with E-state index in [-0.39, 0.29) is 0 Å². The van der Waals surface area contributed by atoms with Gasteiger partial charge in [0.25, 0.3) is 0 Å². The lowest BCUT2D eigenvalue weighted by Crippen LogP contribution is -2.41. The summed E-state index contributed by atoms with van der Waals surface area (Å²) in [6.45, 7) is 4.86. The highest BCUT2D eigenvalue weighted by Crippen LogP contribution is 2.33. The lowest BCUT2D eigenvalue weighted by Gasteiger charge is -2.15. The summed E-state index contributed by atoms with van der Waals surface area (Å²) < 4.78 is 7.04. The number of aliphatic carboxylic acids is 2. The molecule has 0 aliphatic carbocycles. The number of nitrogens with one attached hydrogen (secondary N) is 2. The molecule has 0 spiro atoms. The van der Waals surface area contributed by atoms with Crippen LogP contribution in [0.25, 0.3) is 11.2 Å². The number of ether oxygens (including phenoxy) is 1. The summed E-state index contributed by atoms with van der Waals surface area (Å²) in [5.74, 6) is -2.53. The van der Waals surface area contributed by atoms with E-state index in [9.17, 15) is 24.6 Å². The van der Waals surface area contributed by atoms with Gasteiger partial charge in [0.1, 0.15) is 24.4 Å². The number of carbonyl (C=O) groups excluding carboxylic acids is 1. The van der Waals surface area contributed by atoms with Gasteiger partial charge in [0.15, 0.2) is 28.4 Å². The van der Waals surface area contributed by atoms with Crippen LogP contribution in [-0.4, -0.2) is 99.9 Å². The third-order valence-electron chi connectivity index (χ3n) is 6.01.